The Morgan fingerprint density at radius 3 is 1.53 bits per heavy atom. The number of nitrogens with zero attached hydrogens (tertiary/aromatic N) is 1. The van der Waals surface area contributed by atoms with E-state index in [9.17, 15) is 0 Å². The van der Waals surface area contributed by atoms with Gasteiger partial charge in [0.2, 0.25) is 0 Å². The standard InChI is InChI=1S/C14H31N/c1-10-12(14(6,7)8)15(9)11(2)13(3,4)5/h11-12H,10H2,1-9H3. The molecule has 2 unspecified atom stereocenters. The van der Waals surface area contributed by atoms with Crippen molar-refractivity contribution in [1.29, 1.82) is 0 Å². The van der Waals surface area contributed by atoms with Crippen molar-refractivity contribution in [3.05, 3.63) is 0 Å². The summed E-state index contributed by atoms with van der Waals surface area (Å²) in [7, 11) is 2.27. The molecule has 15 heavy (non-hydrogen) atoms. The molecule has 0 rings (SSSR count). The highest BCUT2D eigenvalue weighted by Crippen LogP contribution is 2.32. The zero-order valence-electron chi connectivity index (χ0n) is 12.3. The van der Waals surface area contributed by atoms with Crippen LogP contribution >= 0.6 is 0 Å². The van der Waals surface area contributed by atoms with Gasteiger partial charge in [0.1, 0.15) is 0 Å². The van der Waals surface area contributed by atoms with Gasteiger partial charge in [-0.2, -0.15) is 0 Å². The van der Waals surface area contributed by atoms with E-state index >= 15 is 0 Å². The molecule has 0 aliphatic heterocycles. The van der Waals surface area contributed by atoms with E-state index in [1.165, 1.54) is 6.42 Å². The quantitative estimate of drug-likeness (QED) is 0.680. The molecule has 0 saturated heterocycles. The van der Waals surface area contributed by atoms with Crippen LogP contribution in [0.2, 0.25) is 0 Å². The molecule has 0 aromatic heterocycles. The minimum absolute atomic E-state index is 0.355. The van der Waals surface area contributed by atoms with Gasteiger partial charge >= 0.3 is 0 Å². The largest absolute Gasteiger partial charge is 0.300 e. The highest BCUT2D eigenvalue weighted by atomic mass is 15.2. The van der Waals surface area contributed by atoms with Crippen molar-refractivity contribution in [2.45, 2.75) is 73.9 Å². The first-order valence-corrected chi connectivity index (χ1v) is 6.23. The predicted molar refractivity (Wildman–Crippen MR) is 70.2 cm³/mol. The third kappa shape index (κ3) is 4.14. The molecule has 0 spiro atoms. The molecule has 0 amide bonds. The highest BCUT2D eigenvalue weighted by molar-refractivity contribution is 4.87. The Labute approximate surface area is 97.2 Å². The summed E-state index contributed by atoms with van der Waals surface area (Å²) in [6.45, 7) is 18.6. The predicted octanol–water partition coefficient (Wildman–Crippen LogP) is 4.18. The van der Waals surface area contributed by atoms with E-state index in [1.54, 1.807) is 0 Å². The maximum Gasteiger partial charge on any atom is 0.0141 e. The minimum Gasteiger partial charge on any atom is -0.300 e. The van der Waals surface area contributed by atoms with Gasteiger partial charge in [-0.25, -0.2) is 0 Å². The van der Waals surface area contributed by atoms with Gasteiger partial charge < -0.3 is 0 Å². The van der Waals surface area contributed by atoms with Crippen molar-refractivity contribution >= 4 is 0 Å². The van der Waals surface area contributed by atoms with Crippen LogP contribution in [-0.2, 0) is 0 Å². The van der Waals surface area contributed by atoms with Crippen LogP contribution in [0.1, 0.15) is 61.8 Å². The van der Waals surface area contributed by atoms with Gasteiger partial charge in [0, 0.05) is 12.1 Å². The maximum absolute atomic E-state index is 2.56. The fourth-order valence-electron chi connectivity index (χ4n) is 2.39. The molecule has 0 fully saturated rings. The SMILES string of the molecule is CCC(N(C)C(C)C(C)(C)C)C(C)(C)C. The van der Waals surface area contributed by atoms with E-state index in [4.69, 9.17) is 0 Å². The Hall–Kier alpha value is -0.0400. The van der Waals surface area contributed by atoms with Crippen LogP contribution in [0.4, 0.5) is 0 Å². The topological polar surface area (TPSA) is 3.24 Å². The lowest BCUT2D eigenvalue weighted by Gasteiger charge is -2.45. The van der Waals surface area contributed by atoms with Crippen LogP contribution in [0.25, 0.3) is 0 Å². The Morgan fingerprint density at radius 2 is 1.33 bits per heavy atom. The summed E-state index contributed by atoms with van der Waals surface area (Å²) in [5.74, 6) is 0. The molecule has 0 aromatic rings. The number of rotatable bonds is 3. The third-order valence-electron chi connectivity index (χ3n) is 3.74. The second kappa shape index (κ2) is 4.86. The Morgan fingerprint density at radius 1 is 0.933 bits per heavy atom. The second-order valence-corrected chi connectivity index (χ2v) is 7.00. The summed E-state index contributed by atoms with van der Waals surface area (Å²) in [6.07, 6.45) is 1.22. The van der Waals surface area contributed by atoms with E-state index in [1.807, 2.05) is 0 Å². The molecule has 0 bridgehead atoms. The molecular weight excluding hydrogens is 182 g/mol. The molecule has 0 aliphatic carbocycles. The van der Waals surface area contributed by atoms with Crippen molar-refractivity contribution in [3.8, 4) is 0 Å². The van der Waals surface area contributed by atoms with Crippen molar-refractivity contribution in [1.82, 2.24) is 4.90 Å². The van der Waals surface area contributed by atoms with E-state index in [0.29, 0.717) is 22.9 Å². The van der Waals surface area contributed by atoms with Crippen LogP contribution in [0.3, 0.4) is 0 Å². The van der Waals surface area contributed by atoms with Crippen molar-refractivity contribution < 1.29 is 0 Å². The third-order valence-corrected chi connectivity index (χ3v) is 3.74. The highest BCUT2D eigenvalue weighted by Gasteiger charge is 2.33. The van der Waals surface area contributed by atoms with Crippen LogP contribution in [0.5, 0.6) is 0 Å². The number of hydrogen-bond donors (Lipinski definition) is 0. The smallest absolute Gasteiger partial charge is 0.0141 e. The molecule has 0 saturated carbocycles. The molecule has 1 heteroatoms. The zero-order chi connectivity index (χ0) is 12.4. The van der Waals surface area contributed by atoms with Gasteiger partial charge in [-0.15, -0.1) is 0 Å². The van der Waals surface area contributed by atoms with Crippen LogP contribution in [0.15, 0.2) is 0 Å². The molecule has 0 aliphatic rings. The summed E-state index contributed by atoms with van der Waals surface area (Å²) < 4.78 is 0. The van der Waals surface area contributed by atoms with Crippen molar-refractivity contribution in [2.24, 2.45) is 10.8 Å². The summed E-state index contributed by atoms with van der Waals surface area (Å²) in [5.41, 5.74) is 0.719. The van der Waals surface area contributed by atoms with Gasteiger partial charge in [0.15, 0.2) is 0 Å². The molecule has 0 radical (unpaired) electrons. The molecule has 92 valence electrons. The minimum atomic E-state index is 0.355. The summed E-state index contributed by atoms with van der Waals surface area (Å²) in [6, 6.07) is 1.27. The van der Waals surface area contributed by atoms with Gasteiger partial charge in [-0.3, -0.25) is 4.90 Å². The van der Waals surface area contributed by atoms with Crippen molar-refractivity contribution in [3.63, 3.8) is 0 Å². The molecular formula is C14H31N. The lowest BCUT2D eigenvalue weighted by Crippen LogP contribution is -2.50. The van der Waals surface area contributed by atoms with E-state index < -0.39 is 0 Å². The zero-order valence-corrected chi connectivity index (χ0v) is 12.3. The van der Waals surface area contributed by atoms with Crippen molar-refractivity contribution in [2.75, 3.05) is 7.05 Å². The molecule has 0 N–H and O–H groups in total. The average Bonchev–Trinajstić information content (AvgIpc) is 1.99. The first kappa shape index (κ1) is 15.0. The molecule has 0 heterocycles. The number of hydrogen-bond acceptors (Lipinski definition) is 1. The van der Waals surface area contributed by atoms with Crippen LogP contribution < -0.4 is 0 Å². The second-order valence-electron chi connectivity index (χ2n) is 7.00. The average molecular weight is 213 g/mol. The maximum atomic E-state index is 2.56. The van der Waals surface area contributed by atoms with E-state index in [0.717, 1.165) is 0 Å². The normalized spacial score (nSPS) is 18.0. The van der Waals surface area contributed by atoms with Gasteiger partial charge in [0.25, 0.3) is 0 Å². The summed E-state index contributed by atoms with van der Waals surface area (Å²) in [5, 5.41) is 0. The van der Waals surface area contributed by atoms with Gasteiger partial charge in [0.05, 0.1) is 0 Å². The van der Waals surface area contributed by atoms with Gasteiger partial charge in [-0.05, 0) is 31.2 Å². The Balaban J connectivity index is 4.74. The van der Waals surface area contributed by atoms with Crippen LogP contribution in [0, 0.1) is 10.8 Å². The lowest BCUT2D eigenvalue weighted by molar-refractivity contribution is 0.0398. The Bertz CT molecular complexity index is 182. The first-order chi connectivity index (χ1) is 6.51. The van der Waals surface area contributed by atoms with E-state index in [2.05, 4.69) is 67.3 Å². The summed E-state index contributed by atoms with van der Waals surface area (Å²) >= 11 is 0. The van der Waals surface area contributed by atoms with E-state index in [-0.39, 0.29) is 0 Å². The fraction of sp³-hybridized carbons (Fsp3) is 1.00. The Kier molecular flexibility index (Phi) is 4.85. The molecule has 2 atom stereocenters. The van der Waals surface area contributed by atoms with Gasteiger partial charge in [-0.1, -0.05) is 48.5 Å². The fourth-order valence-corrected chi connectivity index (χ4v) is 2.39. The first-order valence-electron chi connectivity index (χ1n) is 6.23. The monoisotopic (exact) mass is 213 g/mol. The van der Waals surface area contributed by atoms with Crippen LogP contribution in [-0.4, -0.2) is 24.0 Å². The molecule has 1 nitrogen and oxygen atoms in total. The summed E-state index contributed by atoms with van der Waals surface area (Å²) in [4.78, 5) is 2.56. The molecule has 0 aromatic carbocycles. The lowest BCUT2D eigenvalue weighted by atomic mass is 9.80.